The number of carbonyl (C=O) groups excluding carboxylic acids is 1. The van der Waals surface area contributed by atoms with Crippen molar-refractivity contribution in [1.29, 1.82) is 0 Å². The van der Waals surface area contributed by atoms with Crippen LogP contribution in [0.25, 0.3) is 0 Å². The fraction of sp³-hybridized carbons (Fsp3) is 0.889. The molecule has 72 valence electrons. The molecule has 0 spiro atoms. The maximum Gasteiger partial charge on any atom is 0.194 e. The van der Waals surface area contributed by atoms with Crippen molar-refractivity contribution in [1.82, 2.24) is 0 Å². The van der Waals surface area contributed by atoms with Gasteiger partial charge in [0, 0.05) is 0 Å². The average molecular weight is 190 g/mol. The van der Waals surface area contributed by atoms with E-state index in [-0.39, 0.29) is 17.0 Å². The number of aliphatic hydroxyl groups is 1. The normalized spacial score (nSPS) is 18.4. The zero-order valence-corrected chi connectivity index (χ0v) is 9.02. The molecule has 0 aromatic carbocycles. The SMILES string of the molecule is CCC(C)C(O)C(C)C(=O)SC. The van der Waals surface area contributed by atoms with Crippen molar-refractivity contribution >= 4 is 16.9 Å². The second-order valence-corrected chi connectivity index (χ2v) is 4.00. The lowest BCUT2D eigenvalue weighted by Crippen LogP contribution is -2.29. The molecule has 0 fully saturated rings. The lowest BCUT2D eigenvalue weighted by atomic mass is 9.92. The van der Waals surface area contributed by atoms with Gasteiger partial charge in [-0.2, -0.15) is 0 Å². The Labute approximate surface area is 78.7 Å². The van der Waals surface area contributed by atoms with E-state index in [9.17, 15) is 9.90 Å². The van der Waals surface area contributed by atoms with Crippen molar-refractivity contribution < 1.29 is 9.90 Å². The van der Waals surface area contributed by atoms with Gasteiger partial charge in [-0.1, -0.05) is 39.0 Å². The fourth-order valence-corrected chi connectivity index (χ4v) is 1.57. The van der Waals surface area contributed by atoms with Crippen molar-refractivity contribution in [3.05, 3.63) is 0 Å². The highest BCUT2D eigenvalue weighted by Crippen LogP contribution is 2.19. The van der Waals surface area contributed by atoms with Gasteiger partial charge in [0.05, 0.1) is 12.0 Å². The molecule has 0 aliphatic rings. The van der Waals surface area contributed by atoms with Crippen LogP contribution in [0.4, 0.5) is 0 Å². The Morgan fingerprint density at radius 1 is 1.50 bits per heavy atom. The average Bonchev–Trinajstić information content (AvgIpc) is 2.12. The first-order valence-corrected chi connectivity index (χ1v) is 5.52. The van der Waals surface area contributed by atoms with Crippen LogP contribution in [0.15, 0.2) is 0 Å². The van der Waals surface area contributed by atoms with E-state index >= 15 is 0 Å². The van der Waals surface area contributed by atoms with Crippen LogP contribution < -0.4 is 0 Å². The number of aliphatic hydroxyl groups excluding tert-OH is 1. The number of rotatable bonds is 4. The second-order valence-electron chi connectivity index (χ2n) is 3.19. The molecule has 0 radical (unpaired) electrons. The largest absolute Gasteiger partial charge is 0.392 e. The zero-order valence-electron chi connectivity index (χ0n) is 8.20. The third kappa shape index (κ3) is 3.15. The van der Waals surface area contributed by atoms with Gasteiger partial charge < -0.3 is 5.11 Å². The van der Waals surface area contributed by atoms with Gasteiger partial charge in [-0.3, -0.25) is 4.79 Å². The van der Waals surface area contributed by atoms with E-state index in [0.29, 0.717) is 0 Å². The molecule has 3 heteroatoms. The highest BCUT2D eigenvalue weighted by atomic mass is 32.2. The van der Waals surface area contributed by atoms with Crippen LogP contribution in [0.5, 0.6) is 0 Å². The third-order valence-electron chi connectivity index (χ3n) is 2.31. The summed E-state index contributed by atoms with van der Waals surface area (Å²) < 4.78 is 0. The van der Waals surface area contributed by atoms with E-state index in [1.807, 2.05) is 13.8 Å². The van der Waals surface area contributed by atoms with Gasteiger partial charge in [0.15, 0.2) is 5.12 Å². The summed E-state index contributed by atoms with van der Waals surface area (Å²) in [5.41, 5.74) is 0. The summed E-state index contributed by atoms with van der Waals surface area (Å²) in [4.78, 5) is 11.2. The number of hydrogen-bond donors (Lipinski definition) is 1. The Hall–Kier alpha value is -0.0200. The Bertz CT molecular complexity index is 147. The van der Waals surface area contributed by atoms with Gasteiger partial charge in [0.1, 0.15) is 0 Å². The third-order valence-corrected chi connectivity index (χ3v) is 3.09. The predicted molar refractivity (Wildman–Crippen MR) is 53.1 cm³/mol. The molecular formula is C9H18O2S. The quantitative estimate of drug-likeness (QED) is 0.736. The molecule has 1 N–H and O–H groups in total. The van der Waals surface area contributed by atoms with E-state index in [4.69, 9.17) is 0 Å². The molecule has 0 saturated heterocycles. The lowest BCUT2D eigenvalue weighted by molar-refractivity contribution is -0.118. The summed E-state index contributed by atoms with van der Waals surface area (Å²) in [6, 6.07) is 0. The minimum absolute atomic E-state index is 0.0720. The Morgan fingerprint density at radius 3 is 2.33 bits per heavy atom. The van der Waals surface area contributed by atoms with Crippen LogP contribution in [-0.4, -0.2) is 22.6 Å². The first-order valence-electron chi connectivity index (χ1n) is 4.30. The highest BCUT2D eigenvalue weighted by Gasteiger charge is 2.24. The Balaban J connectivity index is 4.08. The summed E-state index contributed by atoms with van der Waals surface area (Å²) in [6.45, 7) is 5.77. The van der Waals surface area contributed by atoms with Gasteiger partial charge in [0.2, 0.25) is 0 Å². The van der Waals surface area contributed by atoms with Crippen LogP contribution in [0, 0.1) is 11.8 Å². The van der Waals surface area contributed by atoms with E-state index in [0.717, 1.165) is 6.42 Å². The van der Waals surface area contributed by atoms with Crippen molar-refractivity contribution in [2.75, 3.05) is 6.26 Å². The molecule has 12 heavy (non-hydrogen) atoms. The second kappa shape index (κ2) is 5.60. The molecule has 0 aromatic heterocycles. The molecule has 0 saturated carbocycles. The van der Waals surface area contributed by atoms with E-state index < -0.39 is 6.10 Å². The summed E-state index contributed by atoms with van der Waals surface area (Å²) in [6.07, 6.45) is 2.17. The predicted octanol–water partition coefficient (Wildman–Crippen LogP) is 1.92. The molecule has 0 aromatic rings. The van der Waals surface area contributed by atoms with Crippen molar-refractivity contribution in [2.45, 2.75) is 33.3 Å². The molecule has 0 rings (SSSR count). The number of thioether (sulfide) groups is 1. The lowest BCUT2D eigenvalue weighted by Gasteiger charge is -2.21. The molecule has 0 bridgehead atoms. The van der Waals surface area contributed by atoms with E-state index in [1.54, 1.807) is 13.2 Å². The molecule has 2 nitrogen and oxygen atoms in total. The molecular weight excluding hydrogens is 172 g/mol. The van der Waals surface area contributed by atoms with E-state index in [2.05, 4.69) is 0 Å². The maximum absolute atomic E-state index is 11.2. The highest BCUT2D eigenvalue weighted by molar-refractivity contribution is 8.13. The van der Waals surface area contributed by atoms with Gasteiger partial charge in [-0.05, 0) is 12.2 Å². The van der Waals surface area contributed by atoms with Gasteiger partial charge in [-0.15, -0.1) is 0 Å². The van der Waals surface area contributed by atoms with Crippen LogP contribution in [0.3, 0.4) is 0 Å². The van der Waals surface area contributed by atoms with Crippen molar-refractivity contribution in [3.63, 3.8) is 0 Å². The van der Waals surface area contributed by atoms with Crippen LogP contribution in [0.2, 0.25) is 0 Å². The first kappa shape index (κ1) is 12.0. The minimum atomic E-state index is -0.491. The molecule has 0 heterocycles. The smallest absolute Gasteiger partial charge is 0.194 e. The Morgan fingerprint density at radius 2 is 2.00 bits per heavy atom. The van der Waals surface area contributed by atoms with Crippen LogP contribution in [-0.2, 0) is 4.79 Å². The van der Waals surface area contributed by atoms with Crippen molar-refractivity contribution in [2.24, 2.45) is 11.8 Å². The van der Waals surface area contributed by atoms with Crippen LogP contribution in [0.1, 0.15) is 27.2 Å². The molecule has 3 unspecified atom stereocenters. The summed E-state index contributed by atoms with van der Waals surface area (Å²) in [7, 11) is 0. The summed E-state index contributed by atoms with van der Waals surface area (Å²) in [5, 5.41) is 9.73. The minimum Gasteiger partial charge on any atom is -0.392 e. The number of carbonyl (C=O) groups is 1. The molecule has 0 amide bonds. The summed E-state index contributed by atoms with van der Waals surface area (Å²) in [5.74, 6) is -0.0361. The van der Waals surface area contributed by atoms with Crippen LogP contribution >= 0.6 is 11.8 Å². The van der Waals surface area contributed by atoms with Gasteiger partial charge in [0.25, 0.3) is 0 Å². The standard InChI is InChI=1S/C9H18O2S/c1-5-6(2)8(10)7(3)9(11)12-4/h6-8,10H,5H2,1-4H3. The fourth-order valence-electron chi connectivity index (χ4n) is 1.06. The van der Waals surface area contributed by atoms with E-state index in [1.165, 1.54) is 11.8 Å². The molecule has 3 atom stereocenters. The van der Waals surface area contributed by atoms with Gasteiger partial charge >= 0.3 is 0 Å². The summed E-state index contributed by atoms with van der Waals surface area (Å²) >= 11 is 1.19. The molecule has 0 aliphatic heterocycles. The molecule has 0 aliphatic carbocycles. The maximum atomic E-state index is 11.2. The topological polar surface area (TPSA) is 37.3 Å². The van der Waals surface area contributed by atoms with Gasteiger partial charge in [-0.25, -0.2) is 0 Å². The Kier molecular flexibility index (Phi) is 5.59. The zero-order chi connectivity index (χ0) is 9.72. The van der Waals surface area contributed by atoms with Crippen molar-refractivity contribution in [3.8, 4) is 0 Å². The number of hydrogen-bond acceptors (Lipinski definition) is 3. The first-order chi connectivity index (χ1) is 5.54. The monoisotopic (exact) mass is 190 g/mol.